The van der Waals surface area contributed by atoms with Crippen LogP contribution in [-0.4, -0.2) is 11.8 Å². The van der Waals surface area contributed by atoms with Crippen molar-refractivity contribution in [2.24, 2.45) is 5.73 Å². The molecule has 88 valence electrons. The van der Waals surface area contributed by atoms with E-state index in [9.17, 15) is 9.18 Å². The van der Waals surface area contributed by atoms with E-state index < -0.39 is 11.9 Å². The number of hydrogen-bond donors (Lipinski definition) is 1. The number of hydrogen-bond acceptors (Lipinski definition) is 3. The molecule has 3 nitrogen and oxygen atoms in total. The van der Waals surface area contributed by atoms with Gasteiger partial charge in [0.25, 0.3) is 0 Å². The van der Waals surface area contributed by atoms with Crippen LogP contribution in [0.15, 0.2) is 18.2 Å². The van der Waals surface area contributed by atoms with Gasteiger partial charge in [0.15, 0.2) is 0 Å². The predicted octanol–water partition coefficient (Wildman–Crippen LogP) is 1.86. The van der Waals surface area contributed by atoms with Crippen molar-refractivity contribution in [3.8, 4) is 6.07 Å². The van der Waals surface area contributed by atoms with E-state index in [2.05, 4.69) is 0 Å². The quantitative estimate of drug-likeness (QED) is 0.803. The van der Waals surface area contributed by atoms with E-state index >= 15 is 0 Å². The lowest BCUT2D eigenvalue weighted by molar-refractivity contribution is -0.121. The molecule has 1 aliphatic rings. The fraction of sp³-hybridized carbons (Fsp3) is 0.385. The Morgan fingerprint density at radius 1 is 1.41 bits per heavy atom. The summed E-state index contributed by atoms with van der Waals surface area (Å²) in [6.07, 6.45) is 1.65. The molecular weight excluding hydrogens is 219 g/mol. The number of nitrogens with zero attached hydrogens (tertiary/aromatic N) is 1. The van der Waals surface area contributed by atoms with E-state index in [0.717, 1.165) is 5.56 Å². The first-order valence-electron chi connectivity index (χ1n) is 5.59. The smallest absolute Gasteiger partial charge is 0.149 e. The first-order chi connectivity index (χ1) is 8.10. The van der Waals surface area contributed by atoms with Gasteiger partial charge in [-0.1, -0.05) is 0 Å². The number of nitrogens with two attached hydrogens (primary N) is 1. The summed E-state index contributed by atoms with van der Waals surface area (Å²) in [7, 11) is 0. The Bertz CT molecular complexity index is 493. The van der Waals surface area contributed by atoms with Crippen LogP contribution in [0, 0.1) is 17.1 Å². The summed E-state index contributed by atoms with van der Waals surface area (Å²) in [4.78, 5) is 11.3. The lowest BCUT2D eigenvalue weighted by atomic mass is 9.80. The van der Waals surface area contributed by atoms with Gasteiger partial charge in [-0.25, -0.2) is 4.39 Å². The molecule has 2 N–H and O–H groups in total. The van der Waals surface area contributed by atoms with Crippen LogP contribution in [0.2, 0.25) is 0 Å². The van der Waals surface area contributed by atoms with Crippen LogP contribution in [0.1, 0.15) is 36.3 Å². The van der Waals surface area contributed by atoms with Crippen LogP contribution < -0.4 is 5.73 Å². The predicted molar refractivity (Wildman–Crippen MR) is 60.7 cm³/mol. The van der Waals surface area contributed by atoms with E-state index in [-0.39, 0.29) is 11.7 Å². The molecule has 0 radical (unpaired) electrons. The number of halogens is 1. The van der Waals surface area contributed by atoms with E-state index in [1.807, 2.05) is 6.07 Å². The standard InChI is InChI=1S/C13H13FN2O/c14-11-4-8(7-15)3-10(5-11)9-1-2-13(17)12(16)6-9/h3-5,9,12H,1-2,6,16H2. The van der Waals surface area contributed by atoms with Crippen molar-refractivity contribution in [3.63, 3.8) is 0 Å². The zero-order chi connectivity index (χ0) is 12.4. The van der Waals surface area contributed by atoms with Crippen molar-refractivity contribution in [2.45, 2.75) is 31.2 Å². The summed E-state index contributed by atoms with van der Waals surface area (Å²) < 4.78 is 13.3. The van der Waals surface area contributed by atoms with Crippen LogP contribution in [-0.2, 0) is 4.79 Å². The molecule has 1 aliphatic carbocycles. The van der Waals surface area contributed by atoms with Crippen molar-refractivity contribution in [1.82, 2.24) is 0 Å². The number of rotatable bonds is 1. The molecule has 1 saturated carbocycles. The first kappa shape index (κ1) is 11.7. The second-order valence-electron chi connectivity index (χ2n) is 4.43. The van der Waals surface area contributed by atoms with Gasteiger partial charge in [-0.15, -0.1) is 0 Å². The lowest BCUT2D eigenvalue weighted by Crippen LogP contribution is -2.36. The SMILES string of the molecule is N#Cc1cc(F)cc(C2CCC(=O)C(N)C2)c1. The highest BCUT2D eigenvalue weighted by Gasteiger charge is 2.27. The fourth-order valence-electron chi connectivity index (χ4n) is 2.27. The van der Waals surface area contributed by atoms with Crippen LogP contribution in [0.3, 0.4) is 0 Å². The molecule has 0 saturated heterocycles. The summed E-state index contributed by atoms with van der Waals surface area (Å²) in [5.41, 5.74) is 6.78. The molecule has 0 bridgehead atoms. The summed E-state index contributed by atoms with van der Waals surface area (Å²) >= 11 is 0. The van der Waals surface area contributed by atoms with Gasteiger partial charge in [-0.05, 0) is 42.5 Å². The van der Waals surface area contributed by atoms with Crippen molar-refractivity contribution >= 4 is 5.78 Å². The second-order valence-corrected chi connectivity index (χ2v) is 4.43. The van der Waals surface area contributed by atoms with Crippen molar-refractivity contribution in [1.29, 1.82) is 5.26 Å². The Morgan fingerprint density at radius 3 is 2.82 bits per heavy atom. The van der Waals surface area contributed by atoms with E-state index in [0.29, 0.717) is 24.8 Å². The molecule has 0 heterocycles. The monoisotopic (exact) mass is 232 g/mol. The molecule has 2 rings (SSSR count). The number of carbonyl (C=O) groups excluding carboxylic acids is 1. The van der Waals surface area contributed by atoms with Crippen LogP contribution >= 0.6 is 0 Å². The minimum Gasteiger partial charge on any atom is -0.321 e. The molecule has 17 heavy (non-hydrogen) atoms. The number of carbonyl (C=O) groups is 1. The van der Waals surface area contributed by atoms with E-state index in [1.54, 1.807) is 6.07 Å². The Hall–Kier alpha value is -1.73. The molecule has 1 aromatic rings. The van der Waals surface area contributed by atoms with Gasteiger partial charge < -0.3 is 5.73 Å². The van der Waals surface area contributed by atoms with E-state index in [4.69, 9.17) is 11.0 Å². The summed E-state index contributed by atoms with van der Waals surface area (Å²) in [5, 5.41) is 8.78. The van der Waals surface area contributed by atoms with Crippen LogP contribution in [0.4, 0.5) is 4.39 Å². The maximum Gasteiger partial charge on any atom is 0.149 e. The van der Waals surface area contributed by atoms with Gasteiger partial charge in [0.1, 0.15) is 11.6 Å². The van der Waals surface area contributed by atoms with Gasteiger partial charge in [-0.2, -0.15) is 5.26 Å². The minimum absolute atomic E-state index is 0.0677. The average Bonchev–Trinajstić information content (AvgIpc) is 2.32. The topological polar surface area (TPSA) is 66.9 Å². The first-order valence-corrected chi connectivity index (χ1v) is 5.59. The van der Waals surface area contributed by atoms with Crippen LogP contribution in [0.25, 0.3) is 0 Å². The maximum absolute atomic E-state index is 13.3. The number of Topliss-reactive ketones (excluding diaryl/α,β-unsaturated/α-hetero) is 1. The van der Waals surface area contributed by atoms with Crippen molar-refractivity contribution < 1.29 is 9.18 Å². The molecule has 2 atom stereocenters. The second kappa shape index (κ2) is 4.64. The molecule has 0 aromatic heterocycles. The molecule has 1 fully saturated rings. The van der Waals surface area contributed by atoms with Gasteiger partial charge in [-0.3, -0.25) is 4.79 Å². The zero-order valence-corrected chi connectivity index (χ0v) is 9.32. The molecule has 1 aromatic carbocycles. The minimum atomic E-state index is -0.456. The highest BCUT2D eigenvalue weighted by atomic mass is 19.1. The summed E-state index contributed by atoms with van der Waals surface area (Å²) in [6, 6.07) is 5.78. The molecule has 0 aliphatic heterocycles. The maximum atomic E-state index is 13.3. The van der Waals surface area contributed by atoms with Gasteiger partial charge >= 0.3 is 0 Å². The molecule has 2 unspecified atom stereocenters. The molecule has 0 spiro atoms. The third-order valence-corrected chi connectivity index (χ3v) is 3.21. The molecular formula is C13H13FN2O. The van der Waals surface area contributed by atoms with Gasteiger partial charge in [0.2, 0.25) is 0 Å². The highest BCUT2D eigenvalue weighted by molar-refractivity contribution is 5.84. The Labute approximate surface area is 99.0 Å². The van der Waals surface area contributed by atoms with Crippen molar-refractivity contribution in [2.75, 3.05) is 0 Å². The highest BCUT2D eigenvalue weighted by Crippen LogP contribution is 2.31. The average molecular weight is 232 g/mol. The van der Waals surface area contributed by atoms with E-state index in [1.165, 1.54) is 12.1 Å². The lowest BCUT2D eigenvalue weighted by Gasteiger charge is -2.26. The third kappa shape index (κ3) is 2.51. The largest absolute Gasteiger partial charge is 0.321 e. The van der Waals surface area contributed by atoms with Crippen LogP contribution in [0.5, 0.6) is 0 Å². The Balaban J connectivity index is 2.26. The summed E-state index contributed by atoms with van der Waals surface area (Å²) in [6.45, 7) is 0. The zero-order valence-electron chi connectivity index (χ0n) is 9.32. The normalized spacial score (nSPS) is 24.4. The number of nitriles is 1. The van der Waals surface area contributed by atoms with Crippen molar-refractivity contribution in [3.05, 3.63) is 35.1 Å². The summed E-state index contributed by atoms with van der Waals surface area (Å²) in [5.74, 6) is -0.270. The fourth-order valence-corrected chi connectivity index (χ4v) is 2.27. The molecule has 4 heteroatoms. The number of benzene rings is 1. The number of ketones is 1. The Morgan fingerprint density at radius 2 is 2.18 bits per heavy atom. The Kier molecular flexibility index (Phi) is 3.21. The molecule has 0 amide bonds. The van der Waals surface area contributed by atoms with Gasteiger partial charge in [0.05, 0.1) is 17.7 Å². The third-order valence-electron chi connectivity index (χ3n) is 3.21. The van der Waals surface area contributed by atoms with Gasteiger partial charge in [0, 0.05) is 6.42 Å².